The molecule has 1 heterocycles. The van der Waals surface area contributed by atoms with E-state index in [0.29, 0.717) is 32.0 Å². The van der Waals surface area contributed by atoms with E-state index in [1.54, 1.807) is 12.1 Å². The van der Waals surface area contributed by atoms with Gasteiger partial charge in [-0.3, -0.25) is 0 Å². The summed E-state index contributed by atoms with van der Waals surface area (Å²) in [6.45, 7) is 5.85. The number of rotatable bonds is 10. The topological polar surface area (TPSA) is 21.7 Å². The second-order valence-electron chi connectivity index (χ2n) is 6.55. The second-order valence-corrected chi connectivity index (χ2v) is 7.02. The summed E-state index contributed by atoms with van der Waals surface area (Å²) in [6.07, 6.45) is 7.77. The van der Waals surface area contributed by atoms with Gasteiger partial charge in [0.2, 0.25) is 0 Å². The van der Waals surface area contributed by atoms with Gasteiger partial charge in [0.25, 0.3) is 0 Å². The summed E-state index contributed by atoms with van der Waals surface area (Å²) in [5, 5.41) is 0. The highest BCUT2D eigenvalue weighted by molar-refractivity contribution is 7.80. The zero-order valence-corrected chi connectivity index (χ0v) is 16.1. The maximum atomic E-state index is 14.2. The lowest BCUT2D eigenvalue weighted by Gasteiger charge is -2.29. The maximum Gasteiger partial charge on any atom is 0.165 e. The molecule has 1 fully saturated rings. The number of ether oxygens (including phenoxy) is 2. The molecule has 0 aromatic heterocycles. The van der Waals surface area contributed by atoms with Crippen molar-refractivity contribution in [1.29, 1.82) is 0 Å². The van der Waals surface area contributed by atoms with E-state index in [4.69, 9.17) is 21.7 Å². The van der Waals surface area contributed by atoms with Gasteiger partial charge >= 0.3 is 0 Å². The van der Waals surface area contributed by atoms with Crippen molar-refractivity contribution in [2.75, 3.05) is 32.9 Å². The third kappa shape index (κ3) is 7.28. The number of hydrogen-bond donors (Lipinski definition) is 0. The van der Waals surface area contributed by atoms with Crippen LogP contribution in [0.25, 0.3) is 0 Å². The van der Waals surface area contributed by atoms with Gasteiger partial charge in [-0.05, 0) is 24.1 Å². The fraction of sp³-hybridized carbons (Fsp3) is 0.650. The minimum Gasteiger partial charge on any atom is -0.491 e. The van der Waals surface area contributed by atoms with Gasteiger partial charge in [0.1, 0.15) is 0 Å². The number of benzene rings is 1. The monoisotopic (exact) mass is 367 g/mol. The smallest absolute Gasteiger partial charge is 0.165 e. The first-order valence-electron chi connectivity index (χ1n) is 9.47. The van der Waals surface area contributed by atoms with E-state index in [9.17, 15) is 4.39 Å². The van der Waals surface area contributed by atoms with Gasteiger partial charge in [-0.15, -0.1) is 0 Å². The fourth-order valence-corrected chi connectivity index (χ4v) is 3.28. The van der Waals surface area contributed by atoms with E-state index in [2.05, 4.69) is 11.8 Å². The first-order valence-corrected chi connectivity index (χ1v) is 9.88. The first-order chi connectivity index (χ1) is 12.2. The Kier molecular flexibility index (Phi) is 9.19. The summed E-state index contributed by atoms with van der Waals surface area (Å²) in [5.74, 6) is 0.0443. The molecule has 25 heavy (non-hydrogen) atoms. The average molecular weight is 368 g/mol. The Labute approximate surface area is 156 Å². The minimum atomic E-state index is -0.298. The van der Waals surface area contributed by atoms with Crippen LogP contribution in [0.5, 0.6) is 5.75 Å². The third-order valence-electron chi connectivity index (χ3n) is 4.47. The number of thiocarbonyl (C=S) groups is 1. The summed E-state index contributed by atoms with van der Waals surface area (Å²) in [4.78, 5) is 2.99. The Morgan fingerprint density at radius 3 is 2.60 bits per heavy atom. The van der Waals surface area contributed by atoms with Crippen molar-refractivity contribution in [1.82, 2.24) is 4.90 Å². The lowest BCUT2D eigenvalue weighted by atomic mass is 10.1. The average Bonchev–Trinajstić information content (AvgIpc) is 2.63. The van der Waals surface area contributed by atoms with Crippen LogP contribution >= 0.6 is 12.2 Å². The maximum absolute atomic E-state index is 14.2. The number of halogens is 1. The van der Waals surface area contributed by atoms with Crippen LogP contribution in [0.15, 0.2) is 18.2 Å². The highest BCUT2D eigenvalue weighted by atomic mass is 32.1. The van der Waals surface area contributed by atoms with Crippen LogP contribution < -0.4 is 4.74 Å². The molecule has 0 bridgehead atoms. The van der Waals surface area contributed by atoms with E-state index in [1.807, 2.05) is 6.07 Å². The first kappa shape index (κ1) is 20.1. The van der Waals surface area contributed by atoms with E-state index in [1.165, 1.54) is 25.7 Å². The van der Waals surface area contributed by atoms with Gasteiger partial charge in [0, 0.05) is 19.5 Å². The number of nitrogens with zero attached hydrogens (tertiary/aromatic N) is 1. The molecule has 0 unspecified atom stereocenters. The molecule has 2 rings (SSSR count). The van der Waals surface area contributed by atoms with Crippen LogP contribution in [-0.2, 0) is 11.2 Å². The lowest BCUT2D eigenvalue weighted by Crippen LogP contribution is -2.40. The zero-order valence-electron chi connectivity index (χ0n) is 15.3. The Morgan fingerprint density at radius 2 is 1.88 bits per heavy atom. The number of hydrogen-bond acceptors (Lipinski definition) is 3. The SMILES string of the molecule is CCCCCCCCOc1ccc(CC(=S)N2CCOCC2)cc1F. The molecular formula is C20H30FNO2S. The molecule has 140 valence electrons. The molecule has 1 aromatic rings. The van der Waals surface area contributed by atoms with Gasteiger partial charge in [-0.25, -0.2) is 4.39 Å². The highest BCUT2D eigenvalue weighted by Gasteiger charge is 2.14. The van der Waals surface area contributed by atoms with Gasteiger partial charge < -0.3 is 14.4 Å². The minimum absolute atomic E-state index is 0.298. The third-order valence-corrected chi connectivity index (χ3v) is 4.87. The lowest BCUT2D eigenvalue weighted by molar-refractivity contribution is 0.0684. The van der Waals surface area contributed by atoms with E-state index in [0.717, 1.165) is 36.5 Å². The molecule has 1 aliphatic rings. The summed E-state index contributed by atoms with van der Waals surface area (Å²) in [5.41, 5.74) is 0.890. The number of morpholine rings is 1. The Morgan fingerprint density at radius 1 is 1.16 bits per heavy atom. The predicted molar refractivity (Wildman–Crippen MR) is 104 cm³/mol. The van der Waals surface area contributed by atoms with E-state index in [-0.39, 0.29) is 5.82 Å². The van der Waals surface area contributed by atoms with Gasteiger partial charge in [-0.1, -0.05) is 57.3 Å². The van der Waals surface area contributed by atoms with Crippen molar-refractivity contribution >= 4 is 17.2 Å². The molecule has 0 spiro atoms. The van der Waals surface area contributed by atoms with Crippen LogP contribution in [0.3, 0.4) is 0 Å². The molecule has 0 aliphatic carbocycles. The summed E-state index contributed by atoms with van der Waals surface area (Å²) in [6, 6.07) is 5.18. The van der Waals surface area contributed by atoms with Crippen LogP contribution in [0.2, 0.25) is 0 Å². The molecule has 0 amide bonds. The molecule has 1 aromatic carbocycles. The van der Waals surface area contributed by atoms with Gasteiger partial charge in [-0.2, -0.15) is 0 Å². The van der Waals surface area contributed by atoms with Crippen molar-refractivity contribution in [2.45, 2.75) is 51.9 Å². The molecule has 0 N–H and O–H groups in total. The van der Waals surface area contributed by atoms with Crippen molar-refractivity contribution in [3.05, 3.63) is 29.6 Å². The van der Waals surface area contributed by atoms with E-state index >= 15 is 0 Å². The fourth-order valence-electron chi connectivity index (χ4n) is 2.94. The van der Waals surface area contributed by atoms with Gasteiger partial charge in [0.15, 0.2) is 11.6 Å². The van der Waals surface area contributed by atoms with Crippen molar-refractivity contribution in [3.8, 4) is 5.75 Å². The molecule has 1 aliphatic heterocycles. The predicted octanol–water partition coefficient (Wildman–Crippen LogP) is 4.77. The van der Waals surface area contributed by atoms with Crippen molar-refractivity contribution in [3.63, 3.8) is 0 Å². The van der Waals surface area contributed by atoms with Crippen molar-refractivity contribution < 1.29 is 13.9 Å². The van der Waals surface area contributed by atoms with Crippen LogP contribution in [-0.4, -0.2) is 42.8 Å². The Balaban J connectivity index is 1.73. The normalized spacial score (nSPS) is 14.6. The molecule has 0 atom stereocenters. The largest absolute Gasteiger partial charge is 0.491 e. The zero-order chi connectivity index (χ0) is 17.9. The van der Waals surface area contributed by atoms with Crippen LogP contribution in [0.1, 0.15) is 51.0 Å². The molecule has 3 nitrogen and oxygen atoms in total. The molecule has 1 saturated heterocycles. The molecule has 5 heteroatoms. The Bertz CT molecular complexity index is 532. The van der Waals surface area contributed by atoms with Crippen molar-refractivity contribution in [2.24, 2.45) is 0 Å². The van der Waals surface area contributed by atoms with Gasteiger partial charge in [0.05, 0.1) is 24.8 Å². The molecule has 0 radical (unpaired) electrons. The summed E-state index contributed by atoms with van der Waals surface area (Å²) < 4.78 is 25.1. The standard InChI is InChI=1S/C20H30FNO2S/c1-2-3-4-5-6-7-12-24-19-9-8-17(15-18(19)21)16-20(25)22-10-13-23-14-11-22/h8-9,15H,2-7,10-14,16H2,1H3. The second kappa shape index (κ2) is 11.4. The molecular weight excluding hydrogens is 337 g/mol. The quantitative estimate of drug-likeness (QED) is 0.439. The molecule has 0 saturated carbocycles. The van der Waals surface area contributed by atoms with E-state index < -0.39 is 0 Å². The van der Waals surface area contributed by atoms with Crippen LogP contribution in [0, 0.1) is 5.82 Å². The summed E-state index contributed by atoms with van der Waals surface area (Å²) >= 11 is 5.48. The Hall–Kier alpha value is -1.20. The van der Waals surface area contributed by atoms with Crippen LogP contribution in [0.4, 0.5) is 4.39 Å². The highest BCUT2D eigenvalue weighted by Crippen LogP contribution is 2.20. The number of unbranched alkanes of at least 4 members (excludes halogenated alkanes) is 5. The summed E-state index contributed by atoms with van der Waals surface area (Å²) in [7, 11) is 0.